The number of carbonyl (C=O) groups excluding carboxylic acids is 1. The summed E-state index contributed by atoms with van der Waals surface area (Å²) in [5, 5.41) is 20.9. The van der Waals surface area contributed by atoms with Gasteiger partial charge in [-0.3, -0.25) is 0 Å². The Hall–Kier alpha value is -3.94. The number of benzene rings is 2. The summed E-state index contributed by atoms with van der Waals surface area (Å²) in [4.78, 5) is 24.5. The van der Waals surface area contributed by atoms with Gasteiger partial charge in [0, 0.05) is 36.1 Å². The maximum atomic E-state index is 13.1. The molecule has 6 rings (SSSR count). The third-order valence-electron chi connectivity index (χ3n) is 9.17. The lowest BCUT2D eigenvalue weighted by Gasteiger charge is -2.43. The largest absolute Gasteiger partial charge is 0.444 e. The fourth-order valence-electron chi connectivity index (χ4n) is 6.57. The lowest BCUT2D eigenvalue weighted by atomic mass is 9.93. The average molecular weight is 629 g/mol. The molecule has 0 saturated carbocycles. The molecule has 2 aromatic carbocycles. The second-order valence-corrected chi connectivity index (χ2v) is 14.1. The van der Waals surface area contributed by atoms with Gasteiger partial charge < -0.3 is 19.4 Å². The van der Waals surface area contributed by atoms with E-state index in [2.05, 4.69) is 55.1 Å². The number of amides is 1. The average Bonchev–Trinajstić information content (AvgIpc) is 3.39. The SMILES string of the molecule is Cc1cc2c(cc1-c1cccc(Cl)c1C)nc(N1CC(N(C)C)C1)c1nnn([C@H]3CCN(C(=O)OC(C)(C)C)[C@H](CC#N)C3)c12. The van der Waals surface area contributed by atoms with Crippen molar-refractivity contribution in [3.05, 3.63) is 46.5 Å². The Bertz CT molecular complexity index is 1820. The number of hydrogen-bond acceptors (Lipinski definition) is 8. The first kappa shape index (κ1) is 31.1. The molecular weight excluding hydrogens is 588 g/mol. The molecule has 0 radical (unpaired) electrons. The zero-order valence-electron chi connectivity index (χ0n) is 27.1. The van der Waals surface area contributed by atoms with Gasteiger partial charge >= 0.3 is 6.09 Å². The summed E-state index contributed by atoms with van der Waals surface area (Å²) < 4.78 is 7.71. The van der Waals surface area contributed by atoms with E-state index in [1.807, 2.05) is 44.5 Å². The maximum Gasteiger partial charge on any atom is 0.410 e. The summed E-state index contributed by atoms with van der Waals surface area (Å²) in [7, 11) is 4.21. The van der Waals surface area contributed by atoms with Crippen LogP contribution in [0.1, 0.15) is 57.2 Å². The molecule has 2 fully saturated rings. The molecule has 2 atom stereocenters. The number of piperidine rings is 1. The molecule has 0 spiro atoms. The summed E-state index contributed by atoms with van der Waals surface area (Å²) >= 11 is 6.53. The van der Waals surface area contributed by atoms with Crippen molar-refractivity contribution in [3.8, 4) is 17.2 Å². The van der Waals surface area contributed by atoms with Crippen LogP contribution in [-0.2, 0) is 4.74 Å². The third-order valence-corrected chi connectivity index (χ3v) is 9.58. The van der Waals surface area contributed by atoms with E-state index < -0.39 is 5.60 Å². The molecule has 4 heterocycles. The smallest absolute Gasteiger partial charge is 0.410 e. The Morgan fingerprint density at radius 1 is 1.18 bits per heavy atom. The zero-order valence-corrected chi connectivity index (χ0v) is 27.9. The van der Waals surface area contributed by atoms with E-state index in [0.717, 1.165) is 68.1 Å². The van der Waals surface area contributed by atoms with Crippen molar-refractivity contribution in [1.29, 1.82) is 5.26 Å². The Morgan fingerprint density at radius 2 is 1.93 bits per heavy atom. The predicted octanol–water partition coefficient (Wildman–Crippen LogP) is 6.52. The van der Waals surface area contributed by atoms with Crippen LogP contribution in [0.5, 0.6) is 0 Å². The lowest BCUT2D eigenvalue weighted by molar-refractivity contribution is 0.00557. The summed E-state index contributed by atoms with van der Waals surface area (Å²) in [6.45, 7) is 11.9. The van der Waals surface area contributed by atoms with Crippen LogP contribution in [0.2, 0.25) is 5.02 Å². The van der Waals surface area contributed by atoms with E-state index >= 15 is 0 Å². The number of anilines is 1. The van der Waals surface area contributed by atoms with Gasteiger partial charge in [0.05, 0.1) is 30.1 Å². The van der Waals surface area contributed by atoms with Crippen molar-refractivity contribution in [3.63, 3.8) is 0 Å². The van der Waals surface area contributed by atoms with Gasteiger partial charge in [-0.1, -0.05) is 28.9 Å². The molecule has 0 unspecified atom stereocenters. The number of pyridine rings is 1. The van der Waals surface area contributed by atoms with Gasteiger partial charge in [-0.05, 0) is 102 Å². The highest BCUT2D eigenvalue weighted by molar-refractivity contribution is 6.31. The highest BCUT2D eigenvalue weighted by atomic mass is 35.5. The Kier molecular flexibility index (Phi) is 8.12. The van der Waals surface area contributed by atoms with Crippen LogP contribution < -0.4 is 4.90 Å². The highest BCUT2D eigenvalue weighted by Crippen LogP contribution is 2.40. The molecule has 236 valence electrons. The van der Waals surface area contributed by atoms with E-state index in [0.29, 0.717) is 25.4 Å². The van der Waals surface area contributed by atoms with Crippen LogP contribution in [0, 0.1) is 25.2 Å². The van der Waals surface area contributed by atoms with Crippen LogP contribution in [0.4, 0.5) is 10.6 Å². The minimum absolute atomic E-state index is 0.0495. The molecule has 45 heavy (non-hydrogen) atoms. The van der Waals surface area contributed by atoms with Crippen LogP contribution in [0.25, 0.3) is 33.1 Å². The number of nitrogens with zero attached hydrogens (tertiary/aromatic N) is 8. The molecule has 2 aliphatic heterocycles. The summed E-state index contributed by atoms with van der Waals surface area (Å²) in [5.74, 6) is 0.833. The molecule has 4 aromatic rings. The number of likely N-dealkylation sites (tertiary alicyclic amines) is 1. The maximum absolute atomic E-state index is 13.1. The number of ether oxygens (including phenoxy) is 1. The minimum Gasteiger partial charge on any atom is -0.444 e. The van der Waals surface area contributed by atoms with Crippen LogP contribution in [0.3, 0.4) is 0 Å². The third kappa shape index (κ3) is 5.80. The van der Waals surface area contributed by atoms with Crippen molar-refractivity contribution in [2.75, 3.05) is 38.6 Å². The van der Waals surface area contributed by atoms with Crippen molar-refractivity contribution in [1.82, 2.24) is 29.8 Å². The summed E-state index contributed by atoms with van der Waals surface area (Å²) in [6, 6.07) is 12.7. The van der Waals surface area contributed by atoms with E-state index in [1.165, 1.54) is 0 Å². The first-order chi connectivity index (χ1) is 21.4. The zero-order chi connectivity index (χ0) is 32.2. The van der Waals surface area contributed by atoms with Crippen molar-refractivity contribution in [2.45, 2.75) is 77.6 Å². The molecule has 10 nitrogen and oxygen atoms in total. The number of carbonyl (C=O) groups is 1. The normalized spacial score (nSPS) is 19.3. The standard InChI is InChI=1S/C34H41ClN8O2/c1-20-15-27-29(17-26(20)25-9-8-10-28(35)21(25)2)37-32(41-18-24(19-41)40(6)7)30-31(27)43(39-38-30)23-12-14-42(22(16-23)11-13-36)33(44)45-34(3,4)5/h8-10,15,17,22-24H,11-12,14,16,18-19H2,1-7H3/t22-,23+/m1/s1. The number of nitriles is 1. The topological polar surface area (TPSA) is 103 Å². The van der Waals surface area contributed by atoms with Crippen molar-refractivity contribution >= 4 is 45.4 Å². The first-order valence-corrected chi connectivity index (χ1v) is 16.0. The lowest BCUT2D eigenvalue weighted by Crippen LogP contribution is -2.57. The van der Waals surface area contributed by atoms with E-state index in [4.69, 9.17) is 31.6 Å². The number of aryl methyl sites for hydroxylation is 1. The Labute approximate surface area is 269 Å². The second-order valence-electron chi connectivity index (χ2n) is 13.7. The molecular formula is C34H41ClN8O2. The van der Waals surface area contributed by atoms with Gasteiger partial charge in [0.2, 0.25) is 0 Å². The van der Waals surface area contributed by atoms with Gasteiger partial charge in [0.15, 0.2) is 11.3 Å². The number of likely N-dealkylation sites (N-methyl/N-ethyl adjacent to an activating group) is 1. The van der Waals surface area contributed by atoms with E-state index in [9.17, 15) is 10.1 Å². The van der Waals surface area contributed by atoms with Gasteiger partial charge in [0.1, 0.15) is 11.1 Å². The summed E-state index contributed by atoms with van der Waals surface area (Å²) in [5.41, 5.74) is 6.29. The van der Waals surface area contributed by atoms with E-state index in [1.54, 1.807) is 4.90 Å². The highest BCUT2D eigenvalue weighted by Gasteiger charge is 2.37. The van der Waals surface area contributed by atoms with Gasteiger partial charge in [0.25, 0.3) is 0 Å². The molecule has 0 N–H and O–H groups in total. The van der Waals surface area contributed by atoms with Gasteiger partial charge in [-0.25, -0.2) is 14.5 Å². The molecule has 0 aliphatic carbocycles. The van der Waals surface area contributed by atoms with Gasteiger partial charge in [-0.2, -0.15) is 5.26 Å². The molecule has 1 amide bonds. The molecule has 11 heteroatoms. The van der Waals surface area contributed by atoms with Crippen molar-refractivity contribution in [2.24, 2.45) is 0 Å². The monoisotopic (exact) mass is 628 g/mol. The number of fused-ring (bicyclic) bond motifs is 3. The fourth-order valence-corrected chi connectivity index (χ4v) is 6.75. The molecule has 2 saturated heterocycles. The summed E-state index contributed by atoms with van der Waals surface area (Å²) in [6.07, 6.45) is 1.09. The minimum atomic E-state index is -0.613. The fraction of sp³-hybridized carbons (Fsp3) is 0.500. The molecule has 2 aromatic heterocycles. The number of aromatic nitrogens is 4. The molecule has 2 aliphatic rings. The second kappa shape index (κ2) is 11.8. The van der Waals surface area contributed by atoms with E-state index in [-0.39, 0.29) is 24.6 Å². The van der Waals surface area contributed by atoms with Crippen LogP contribution in [-0.4, -0.2) is 87.3 Å². The number of rotatable bonds is 5. The molecule has 0 bridgehead atoms. The first-order valence-electron chi connectivity index (χ1n) is 15.6. The quantitative estimate of drug-likeness (QED) is 0.246. The Morgan fingerprint density at radius 3 is 2.62 bits per heavy atom. The van der Waals surface area contributed by atoms with Crippen molar-refractivity contribution < 1.29 is 9.53 Å². The van der Waals surface area contributed by atoms with Gasteiger partial charge in [-0.15, -0.1) is 5.10 Å². The van der Waals surface area contributed by atoms with Crippen LogP contribution >= 0.6 is 11.6 Å². The predicted molar refractivity (Wildman–Crippen MR) is 178 cm³/mol. The van der Waals surface area contributed by atoms with Crippen LogP contribution in [0.15, 0.2) is 30.3 Å². The number of halogens is 1. The number of hydrogen-bond donors (Lipinski definition) is 0. The Balaban J connectivity index is 1.46.